The summed E-state index contributed by atoms with van der Waals surface area (Å²) in [6, 6.07) is 19.6. The van der Waals surface area contributed by atoms with Crippen LogP contribution in [-0.2, 0) is 6.61 Å². The maximum atomic E-state index is 12.6. The summed E-state index contributed by atoms with van der Waals surface area (Å²) in [4.78, 5) is 23.3. The summed E-state index contributed by atoms with van der Waals surface area (Å²) in [5.74, 6) is 0.763. The lowest BCUT2D eigenvalue weighted by Crippen LogP contribution is -2.10. The van der Waals surface area contributed by atoms with E-state index in [-0.39, 0.29) is 23.8 Å². The number of hydrogen-bond acceptors (Lipinski definition) is 6. The van der Waals surface area contributed by atoms with Crippen molar-refractivity contribution in [3.63, 3.8) is 0 Å². The molecule has 0 atom stereocenters. The number of carbonyl (C=O) groups is 1. The number of nitro benzene ring substituents is 1. The van der Waals surface area contributed by atoms with Gasteiger partial charge in [0, 0.05) is 17.3 Å². The van der Waals surface area contributed by atoms with Crippen molar-refractivity contribution in [2.45, 2.75) is 6.61 Å². The Morgan fingerprint density at radius 3 is 2.53 bits per heavy atom. The van der Waals surface area contributed by atoms with Crippen molar-refractivity contribution in [1.82, 2.24) is 0 Å². The molecule has 2 aromatic carbocycles. The number of nitrogens with one attached hydrogen (secondary N) is 1. The van der Waals surface area contributed by atoms with Gasteiger partial charge in [-0.05, 0) is 42.5 Å². The topological polar surface area (TPSA) is 119 Å². The highest BCUT2D eigenvalue weighted by Gasteiger charge is 2.19. The van der Waals surface area contributed by atoms with E-state index < -0.39 is 10.8 Å². The van der Waals surface area contributed by atoms with Crippen molar-refractivity contribution < 1.29 is 23.7 Å². The molecular weight excluding hydrogens is 388 g/mol. The van der Waals surface area contributed by atoms with Crippen molar-refractivity contribution in [3.8, 4) is 22.6 Å². The third-order valence-corrected chi connectivity index (χ3v) is 4.42. The molecule has 0 radical (unpaired) electrons. The molecule has 0 fully saturated rings. The molecule has 2 heterocycles. The molecule has 2 N–H and O–H groups in total. The lowest BCUT2D eigenvalue weighted by molar-refractivity contribution is -0.384. The van der Waals surface area contributed by atoms with Crippen LogP contribution in [0.15, 0.2) is 81.6 Å². The molecule has 0 unspecified atom stereocenters. The van der Waals surface area contributed by atoms with E-state index in [1.54, 1.807) is 48.5 Å². The van der Waals surface area contributed by atoms with Gasteiger partial charge in [-0.15, -0.1) is 0 Å². The molecule has 0 aliphatic rings. The Hall–Kier alpha value is -4.17. The third kappa shape index (κ3) is 3.85. The summed E-state index contributed by atoms with van der Waals surface area (Å²) >= 11 is 0. The van der Waals surface area contributed by atoms with Gasteiger partial charge in [0.05, 0.1) is 10.5 Å². The minimum absolute atomic E-state index is 0.0223. The first kappa shape index (κ1) is 19.2. The quantitative estimate of drug-likeness (QED) is 0.350. The fourth-order valence-electron chi connectivity index (χ4n) is 3.01. The molecule has 30 heavy (non-hydrogen) atoms. The SMILES string of the molecule is O=C(Nc1cccc(-c2ccc(CO)o2)c1)c1ccc(-c2ccccc2[N+](=O)[O-])o1. The van der Waals surface area contributed by atoms with Crippen molar-refractivity contribution in [2.75, 3.05) is 5.32 Å². The number of hydrogen-bond donors (Lipinski definition) is 2. The van der Waals surface area contributed by atoms with E-state index in [9.17, 15) is 14.9 Å². The number of benzene rings is 2. The number of para-hydroxylation sites is 1. The van der Waals surface area contributed by atoms with E-state index in [1.807, 2.05) is 6.07 Å². The average Bonchev–Trinajstić information content (AvgIpc) is 3.44. The van der Waals surface area contributed by atoms with E-state index in [0.717, 1.165) is 5.56 Å². The molecule has 8 heteroatoms. The molecule has 8 nitrogen and oxygen atoms in total. The predicted molar refractivity (Wildman–Crippen MR) is 109 cm³/mol. The van der Waals surface area contributed by atoms with Gasteiger partial charge in [0.25, 0.3) is 11.6 Å². The highest BCUT2D eigenvalue weighted by Crippen LogP contribution is 2.31. The van der Waals surface area contributed by atoms with Crippen molar-refractivity contribution in [3.05, 3.63) is 94.4 Å². The van der Waals surface area contributed by atoms with Gasteiger partial charge in [-0.1, -0.05) is 24.3 Å². The number of carbonyl (C=O) groups excluding carboxylic acids is 1. The number of furan rings is 2. The molecule has 2 aromatic heterocycles. The third-order valence-electron chi connectivity index (χ3n) is 4.42. The zero-order valence-corrected chi connectivity index (χ0v) is 15.6. The molecule has 1 amide bonds. The average molecular weight is 404 g/mol. The highest BCUT2D eigenvalue weighted by atomic mass is 16.6. The van der Waals surface area contributed by atoms with Crippen LogP contribution in [0, 0.1) is 10.1 Å². The molecule has 0 aliphatic heterocycles. The zero-order chi connectivity index (χ0) is 21.1. The number of anilines is 1. The Morgan fingerprint density at radius 1 is 0.967 bits per heavy atom. The van der Waals surface area contributed by atoms with Crippen molar-refractivity contribution in [2.24, 2.45) is 0 Å². The minimum Gasteiger partial charge on any atom is -0.459 e. The smallest absolute Gasteiger partial charge is 0.291 e. The first-order valence-corrected chi connectivity index (χ1v) is 9.00. The normalized spacial score (nSPS) is 10.7. The highest BCUT2D eigenvalue weighted by molar-refractivity contribution is 6.02. The van der Waals surface area contributed by atoms with Crippen LogP contribution in [0.3, 0.4) is 0 Å². The standard InChI is InChI=1S/C22H16N2O6/c25-13-16-8-9-19(29-16)14-4-3-5-15(12-14)23-22(26)21-11-10-20(30-21)17-6-1-2-7-18(17)24(27)28/h1-12,25H,13H2,(H,23,26). The Balaban J connectivity index is 1.54. The Morgan fingerprint density at radius 2 is 1.77 bits per heavy atom. The largest absolute Gasteiger partial charge is 0.459 e. The van der Waals surface area contributed by atoms with Crippen molar-refractivity contribution in [1.29, 1.82) is 0 Å². The second-order valence-corrected chi connectivity index (χ2v) is 6.40. The Kier molecular flexibility index (Phi) is 5.15. The number of nitrogens with zero attached hydrogens (tertiary/aromatic N) is 1. The van der Waals surface area contributed by atoms with E-state index in [0.29, 0.717) is 22.8 Å². The second-order valence-electron chi connectivity index (χ2n) is 6.40. The van der Waals surface area contributed by atoms with Gasteiger partial charge in [0.15, 0.2) is 5.76 Å². The van der Waals surface area contributed by atoms with E-state index >= 15 is 0 Å². The monoisotopic (exact) mass is 404 g/mol. The first-order valence-electron chi connectivity index (χ1n) is 9.00. The van der Waals surface area contributed by atoms with Gasteiger partial charge in [-0.2, -0.15) is 0 Å². The molecule has 0 saturated carbocycles. The Labute approximate surface area is 170 Å². The maximum absolute atomic E-state index is 12.6. The molecule has 4 aromatic rings. The molecule has 150 valence electrons. The lowest BCUT2D eigenvalue weighted by atomic mass is 10.1. The molecule has 0 spiro atoms. The number of rotatable bonds is 6. The second kappa shape index (κ2) is 8.06. The van der Waals surface area contributed by atoms with Crippen LogP contribution in [-0.4, -0.2) is 15.9 Å². The van der Waals surface area contributed by atoms with Crippen LogP contribution < -0.4 is 5.32 Å². The maximum Gasteiger partial charge on any atom is 0.291 e. The van der Waals surface area contributed by atoms with Gasteiger partial charge < -0.3 is 19.3 Å². The lowest BCUT2D eigenvalue weighted by Gasteiger charge is -2.05. The number of aliphatic hydroxyl groups is 1. The summed E-state index contributed by atoms with van der Waals surface area (Å²) in [5.41, 5.74) is 1.43. The molecular formula is C22H16N2O6. The predicted octanol–water partition coefficient (Wildman–Crippen LogP) is 4.86. The summed E-state index contributed by atoms with van der Waals surface area (Å²) < 4.78 is 11.1. The van der Waals surface area contributed by atoms with Crippen LogP contribution in [0.5, 0.6) is 0 Å². The van der Waals surface area contributed by atoms with Gasteiger partial charge >= 0.3 is 0 Å². The van der Waals surface area contributed by atoms with Crippen LogP contribution in [0.4, 0.5) is 11.4 Å². The number of aliphatic hydroxyl groups excluding tert-OH is 1. The molecule has 4 rings (SSSR count). The molecule has 0 bridgehead atoms. The summed E-state index contributed by atoms with van der Waals surface area (Å²) in [6.45, 7) is -0.198. The molecule has 0 saturated heterocycles. The van der Waals surface area contributed by atoms with Crippen LogP contribution in [0.25, 0.3) is 22.6 Å². The van der Waals surface area contributed by atoms with Crippen LogP contribution >= 0.6 is 0 Å². The van der Waals surface area contributed by atoms with E-state index in [1.165, 1.54) is 18.2 Å². The number of nitro groups is 1. The van der Waals surface area contributed by atoms with Crippen LogP contribution in [0.2, 0.25) is 0 Å². The fourth-order valence-corrected chi connectivity index (χ4v) is 3.01. The zero-order valence-electron chi connectivity index (χ0n) is 15.6. The van der Waals surface area contributed by atoms with Crippen molar-refractivity contribution >= 4 is 17.3 Å². The van der Waals surface area contributed by atoms with Gasteiger partial charge in [-0.3, -0.25) is 14.9 Å². The molecule has 0 aliphatic carbocycles. The first-order chi connectivity index (χ1) is 14.5. The van der Waals surface area contributed by atoms with Gasteiger partial charge in [0.2, 0.25) is 0 Å². The summed E-state index contributed by atoms with van der Waals surface area (Å²) in [6.07, 6.45) is 0. The van der Waals surface area contributed by atoms with Crippen LogP contribution in [0.1, 0.15) is 16.3 Å². The summed E-state index contributed by atoms with van der Waals surface area (Å²) in [5, 5.41) is 23.1. The van der Waals surface area contributed by atoms with Gasteiger partial charge in [0.1, 0.15) is 23.9 Å². The number of amides is 1. The summed E-state index contributed by atoms with van der Waals surface area (Å²) in [7, 11) is 0. The van der Waals surface area contributed by atoms with E-state index in [2.05, 4.69) is 5.32 Å². The minimum atomic E-state index is -0.500. The van der Waals surface area contributed by atoms with E-state index in [4.69, 9.17) is 13.9 Å². The fraction of sp³-hybridized carbons (Fsp3) is 0.0455. The Bertz CT molecular complexity index is 1220. The van der Waals surface area contributed by atoms with Gasteiger partial charge in [-0.25, -0.2) is 0 Å².